The van der Waals surface area contributed by atoms with E-state index >= 15 is 0 Å². The van der Waals surface area contributed by atoms with Crippen molar-refractivity contribution in [3.63, 3.8) is 0 Å². The summed E-state index contributed by atoms with van der Waals surface area (Å²) in [4.78, 5) is 0. The lowest BCUT2D eigenvalue weighted by molar-refractivity contribution is -0.137. The first-order valence-electron chi connectivity index (χ1n) is 9.72. The highest BCUT2D eigenvalue weighted by atomic mass is 35.5. The van der Waals surface area contributed by atoms with E-state index in [1.165, 1.54) is 34.5 Å². The average molecular weight is 494 g/mol. The first kappa shape index (κ1) is 23.1. The molecular weight excluding hydrogens is 478 g/mol. The molecule has 10 heteroatoms. The molecule has 0 atom stereocenters. The molecule has 0 N–H and O–H groups in total. The standard InChI is InChI=1S/C23H16ClF4N3OS/c24-18-9-2-1-8-17(18)21-29-30-22(33-13-12-32-20-11-4-3-10-19(20)25)31(21)16-7-5-6-15(14-16)23(26,27)28/h1-11,14H,12-13H2. The van der Waals surface area contributed by atoms with Gasteiger partial charge in [-0.1, -0.05) is 53.7 Å². The SMILES string of the molecule is Fc1ccccc1OCCSc1nnc(-c2ccccc2Cl)n1-c1cccc(C(F)(F)F)c1. The first-order valence-corrected chi connectivity index (χ1v) is 11.1. The minimum Gasteiger partial charge on any atom is -0.490 e. The molecule has 0 aliphatic rings. The van der Waals surface area contributed by atoms with Crippen molar-refractivity contribution in [2.45, 2.75) is 11.3 Å². The number of ether oxygens (including phenoxy) is 1. The lowest BCUT2D eigenvalue weighted by Crippen LogP contribution is -2.08. The van der Waals surface area contributed by atoms with Gasteiger partial charge in [0.05, 0.1) is 22.9 Å². The second-order valence-corrected chi connectivity index (χ2v) is 8.27. The van der Waals surface area contributed by atoms with Crippen LogP contribution in [0.2, 0.25) is 5.02 Å². The molecule has 0 saturated heterocycles. The van der Waals surface area contributed by atoms with Crippen LogP contribution in [-0.2, 0) is 6.18 Å². The summed E-state index contributed by atoms with van der Waals surface area (Å²) in [6, 6.07) is 17.8. The highest BCUT2D eigenvalue weighted by Gasteiger charge is 2.31. The van der Waals surface area contributed by atoms with E-state index < -0.39 is 17.6 Å². The van der Waals surface area contributed by atoms with E-state index in [1.807, 2.05) is 0 Å². The smallest absolute Gasteiger partial charge is 0.416 e. The number of rotatable bonds is 7. The van der Waals surface area contributed by atoms with Crippen molar-refractivity contribution >= 4 is 23.4 Å². The summed E-state index contributed by atoms with van der Waals surface area (Å²) in [5, 5.41) is 9.10. The molecule has 0 aliphatic heterocycles. The first-order chi connectivity index (χ1) is 15.8. The zero-order valence-electron chi connectivity index (χ0n) is 16.9. The molecule has 4 nitrogen and oxygen atoms in total. The van der Waals surface area contributed by atoms with Crippen molar-refractivity contribution in [3.8, 4) is 22.8 Å². The Kier molecular flexibility index (Phi) is 6.90. The summed E-state index contributed by atoms with van der Waals surface area (Å²) in [5.74, 6) is 0.302. The van der Waals surface area contributed by atoms with E-state index in [1.54, 1.807) is 42.5 Å². The number of aromatic nitrogens is 3. The zero-order valence-corrected chi connectivity index (χ0v) is 18.5. The van der Waals surface area contributed by atoms with Crippen molar-refractivity contribution in [2.75, 3.05) is 12.4 Å². The van der Waals surface area contributed by atoms with Gasteiger partial charge in [0.25, 0.3) is 0 Å². The van der Waals surface area contributed by atoms with Gasteiger partial charge in [0.1, 0.15) is 0 Å². The summed E-state index contributed by atoms with van der Waals surface area (Å²) in [7, 11) is 0. The van der Waals surface area contributed by atoms with Crippen LogP contribution in [0.15, 0.2) is 78.0 Å². The van der Waals surface area contributed by atoms with E-state index in [4.69, 9.17) is 16.3 Å². The van der Waals surface area contributed by atoms with Crippen LogP contribution in [0.3, 0.4) is 0 Å². The molecule has 33 heavy (non-hydrogen) atoms. The maximum absolute atomic E-state index is 13.7. The molecule has 0 aliphatic carbocycles. The molecule has 0 amide bonds. The van der Waals surface area contributed by atoms with Gasteiger partial charge in [-0.15, -0.1) is 10.2 Å². The third-order valence-corrected chi connectivity index (χ3v) is 5.81. The van der Waals surface area contributed by atoms with Gasteiger partial charge in [-0.05, 0) is 42.5 Å². The molecule has 0 spiro atoms. The fourth-order valence-electron chi connectivity index (χ4n) is 3.08. The Labute approximate surface area is 196 Å². The summed E-state index contributed by atoms with van der Waals surface area (Å²) < 4.78 is 60.7. The Morgan fingerprint density at radius 2 is 1.70 bits per heavy atom. The van der Waals surface area contributed by atoms with Gasteiger partial charge in [-0.25, -0.2) is 4.39 Å². The Bertz CT molecular complexity index is 1260. The van der Waals surface area contributed by atoms with E-state index in [0.29, 0.717) is 27.3 Å². The molecule has 1 heterocycles. The summed E-state index contributed by atoms with van der Waals surface area (Å²) in [6.45, 7) is 0.155. The van der Waals surface area contributed by atoms with Gasteiger partial charge < -0.3 is 4.74 Å². The molecule has 4 aromatic rings. The lowest BCUT2D eigenvalue weighted by Gasteiger charge is -2.14. The predicted octanol–water partition coefficient (Wildman–Crippen LogP) is 6.92. The molecule has 4 rings (SSSR count). The molecule has 0 unspecified atom stereocenters. The van der Waals surface area contributed by atoms with Crippen LogP contribution in [0.4, 0.5) is 17.6 Å². The molecule has 0 radical (unpaired) electrons. The van der Waals surface area contributed by atoms with Crippen molar-refractivity contribution in [1.82, 2.24) is 14.8 Å². The van der Waals surface area contributed by atoms with Crippen molar-refractivity contribution in [2.24, 2.45) is 0 Å². The minimum atomic E-state index is -4.50. The highest BCUT2D eigenvalue weighted by Crippen LogP contribution is 2.35. The number of para-hydroxylation sites is 1. The van der Waals surface area contributed by atoms with Gasteiger partial charge in [0.15, 0.2) is 22.5 Å². The van der Waals surface area contributed by atoms with E-state index in [-0.39, 0.29) is 18.0 Å². The fraction of sp³-hybridized carbons (Fsp3) is 0.130. The van der Waals surface area contributed by atoms with Gasteiger partial charge in [0.2, 0.25) is 0 Å². The summed E-state index contributed by atoms with van der Waals surface area (Å²) in [6.07, 6.45) is -4.50. The fourth-order valence-corrected chi connectivity index (χ4v) is 4.07. The average Bonchev–Trinajstić information content (AvgIpc) is 3.21. The van der Waals surface area contributed by atoms with Crippen LogP contribution in [0.25, 0.3) is 17.1 Å². The molecule has 0 saturated carbocycles. The van der Waals surface area contributed by atoms with Gasteiger partial charge in [-0.3, -0.25) is 4.57 Å². The third-order valence-electron chi connectivity index (χ3n) is 4.59. The quantitative estimate of drug-likeness (QED) is 0.159. The highest BCUT2D eigenvalue weighted by molar-refractivity contribution is 7.99. The van der Waals surface area contributed by atoms with Crippen molar-refractivity contribution < 1.29 is 22.3 Å². The predicted molar refractivity (Wildman–Crippen MR) is 119 cm³/mol. The number of halogens is 5. The van der Waals surface area contributed by atoms with Gasteiger partial charge in [-0.2, -0.15) is 13.2 Å². The van der Waals surface area contributed by atoms with E-state index in [2.05, 4.69) is 10.2 Å². The maximum Gasteiger partial charge on any atom is 0.416 e. The van der Waals surface area contributed by atoms with Crippen molar-refractivity contribution in [1.29, 1.82) is 0 Å². The Morgan fingerprint density at radius 1 is 0.939 bits per heavy atom. The zero-order chi connectivity index (χ0) is 23.4. The molecule has 170 valence electrons. The topological polar surface area (TPSA) is 39.9 Å². The Morgan fingerprint density at radius 3 is 2.45 bits per heavy atom. The monoisotopic (exact) mass is 493 g/mol. The van der Waals surface area contributed by atoms with Crippen LogP contribution < -0.4 is 4.74 Å². The number of hydrogen-bond acceptors (Lipinski definition) is 4. The van der Waals surface area contributed by atoms with E-state index in [0.717, 1.165) is 12.1 Å². The second-order valence-electron chi connectivity index (χ2n) is 6.80. The van der Waals surface area contributed by atoms with Crippen LogP contribution in [0.1, 0.15) is 5.56 Å². The summed E-state index contributed by atoms with van der Waals surface area (Å²) >= 11 is 7.54. The number of hydrogen-bond donors (Lipinski definition) is 0. The summed E-state index contributed by atoms with van der Waals surface area (Å²) in [5.41, 5.74) is -0.0292. The number of benzene rings is 3. The van der Waals surface area contributed by atoms with Crippen molar-refractivity contribution in [3.05, 3.63) is 89.2 Å². The Balaban J connectivity index is 1.65. The van der Waals surface area contributed by atoms with Crippen LogP contribution in [-0.4, -0.2) is 27.1 Å². The number of alkyl halides is 3. The maximum atomic E-state index is 13.7. The largest absolute Gasteiger partial charge is 0.490 e. The Hall–Kier alpha value is -3.04. The van der Waals surface area contributed by atoms with Gasteiger partial charge in [0, 0.05) is 11.3 Å². The number of nitrogens with zero attached hydrogens (tertiary/aromatic N) is 3. The molecule has 3 aromatic carbocycles. The van der Waals surface area contributed by atoms with Gasteiger partial charge >= 0.3 is 6.18 Å². The molecule has 1 aromatic heterocycles. The normalized spacial score (nSPS) is 11.5. The molecule has 0 bridgehead atoms. The second kappa shape index (κ2) is 9.84. The van der Waals surface area contributed by atoms with E-state index in [9.17, 15) is 17.6 Å². The third kappa shape index (κ3) is 5.31. The van der Waals surface area contributed by atoms with Crippen LogP contribution in [0.5, 0.6) is 5.75 Å². The molecule has 0 fully saturated rings. The lowest BCUT2D eigenvalue weighted by atomic mass is 10.1. The van der Waals surface area contributed by atoms with Crippen LogP contribution in [0, 0.1) is 5.82 Å². The number of thioether (sulfide) groups is 1. The van der Waals surface area contributed by atoms with Crippen LogP contribution >= 0.6 is 23.4 Å². The minimum absolute atomic E-state index is 0.120. The molecular formula is C23H16ClF4N3OS.